The van der Waals surface area contributed by atoms with Gasteiger partial charge in [0.2, 0.25) is 0 Å². The Hall–Kier alpha value is -2.58. The van der Waals surface area contributed by atoms with Gasteiger partial charge in [0.05, 0.1) is 11.9 Å². The minimum atomic E-state index is -1.13. The molecule has 1 aromatic rings. The first kappa shape index (κ1) is 13.5. The van der Waals surface area contributed by atoms with Crippen LogP contribution in [0.3, 0.4) is 0 Å². The van der Waals surface area contributed by atoms with Crippen molar-refractivity contribution in [1.82, 2.24) is 15.1 Å². The van der Waals surface area contributed by atoms with Crippen LogP contribution in [0.1, 0.15) is 6.92 Å². The van der Waals surface area contributed by atoms with Crippen molar-refractivity contribution in [2.24, 2.45) is 5.73 Å². The highest BCUT2D eigenvalue weighted by atomic mass is 16.5. The first-order valence-electron chi connectivity index (χ1n) is 4.96. The lowest BCUT2D eigenvalue weighted by Gasteiger charge is -2.11. The molecule has 0 bridgehead atoms. The van der Waals surface area contributed by atoms with Gasteiger partial charge >= 0.3 is 12.0 Å². The molecule has 0 saturated carbocycles. The molecule has 0 radical (unpaired) electrons. The summed E-state index contributed by atoms with van der Waals surface area (Å²) in [5.74, 6) is -1.49. The van der Waals surface area contributed by atoms with E-state index in [-0.39, 0.29) is 6.54 Å². The van der Waals surface area contributed by atoms with Gasteiger partial charge in [0.15, 0.2) is 6.10 Å². The summed E-state index contributed by atoms with van der Waals surface area (Å²) in [7, 11) is 0. The van der Waals surface area contributed by atoms with E-state index in [1.165, 1.54) is 24.0 Å². The maximum Gasteiger partial charge on any atom is 0.328 e. The largest absolute Gasteiger partial charge is 0.451 e. The van der Waals surface area contributed by atoms with E-state index in [2.05, 4.69) is 5.10 Å². The minimum Gasteiger partial charge on any atom is -0.451 e. The molecule has 5 N–H and O–H groups in total. The quantitative estimate of drug-likeness (QED) is 0.564. The monoisotopic (exact) mass is 255 g/mol. The van der Waals surface area contributed by atoms with Crippen LogP contribution < -0.4 is 16.8 Å². The van der Waals surface area contributed by atoms with Crippen molar-refractivity contribution >= 4 is 23.6 Å². The van der Waals surface area contributed by atoms with Gasteiger partial charge in [-0.1, -0.05) is 0 Å². The van der Waals surface area contributed by atoms with Crippen molar-refractivity contribution in [2.45, 2.75) is 19.6 Å². The fourth-order valence-electron chi connectivity index (χ4n) is 1.11. The van der Waals surface area contributed by atoms with E-state index in [1.54, 1.807) is 5.32 Å². The predicted octanol–water partition coefficient (Wildman–Crippen LogP) is -1.41. The van der Waals surface area contributed by atoms with Crippen molar-refractivity contribution < 1.29 is 19.1 Å². The van der Waals surface area contributed by atoms with Gasteiger partial charge in [-0.05, 0) is 6.92 Å². The maximum absolute atomic E-state index is 11.4. The summed E-state index contributed by atoms with van der Waals surface area (Å²) >= 11 is 0. The molecule has 18 heavy (non-hydrogen) atoms. The Bertz CT molecular complexity index is 469. The summed E-state index contributed by atoms with van der Waals surface area (Å²) in [6.45, 7) is 1.12. The van der Waals surface area contributed by atoms with Crippen molar-refractivity contribution in [3.8, 4) is 0 Å². The molecule has 0 aliphatic heterocycles. The molecule has 0 spiro atoms. The number of nitrogens with one attached hydrogen (secondary N) is 1. The Morgan fingerprint density at radius 3 is 2.72 bits per heavy atom. The average Bonchev–Trinajstić information content (AvgIpc) is 2.62. The predicted molar refractivity (Wildman–Crippen MR) is 59.9 cm³/mol. The van der Waals surface area contributed by atoms with Crippen LogP contribution >= 0.6 is 0 Å². The van der Waals surface area contributed by atoms with Crippen LogP contribution in [0.2, 0.25) is 0 Å². The number of esters is 1. The zero-order valence-corrected chi connectivity index (χ0v) is 9.62. The van der Waals surface area contributed by atoms with Crippen LogP contribution in [0.5, 0.6) is 0 Å². The van der Waals surface area contributed by atoms with Gasteiger partial charge in [0.25, 0.3) is 5.91 Å². The van der Waals surface area contributed by atoms with Gasteiger partial charge in [0.1, 0.15) is 6.54 Å². The summed E-state index contributed by atoms with van der Waals surface area (Å²) in [6, 6.07) is -1.01. The number of carbonyl (C=O) groups excluding carboxylic acids is 3. The van der Waals surface area contributed by atoms with Crippen LogP contribution in [-0.2, 0) is 20.9 Å². The summed E-state index contributed by atoms with van der Waals surface area (Å²) < 4.78 is 6.03. The summed E-state index contributed by atoms with van der Waals surface area (Å²) in [6.07, 6.45) is 1.68. The molecular weight excluding hydrogens is 242 g/mol. The van der Waals surface area contributed by atoms with Crippen molar-refractivity contribution in [3.63, 3.8) is 0 Å². The Kier molecular flexibility index (Phi) is 4.24. The fourth-order valence-corrected chi connectivity index (χ4v) is 1.11. The molecule has 1 heterocycles. The molecule has 0 fully saturated rings. The first-order chi connectivity index (χ1) is 8.38. The highest BCUT2D eigenvalue weighted by Gasteiger charge is 2.19. The van der Waals surface area contributed by atoms with Gasteiger partial charge in [0, 0.05) is 6.20 Å². The molecule has 98 valence electrons. The second kappa shape index (κ2) is 5.66. The van der Waals surface area contributed by atoms with Crippen LogP contribution in [0.15, 0.2) is 12.4 Å². The van der Waals surface area contributed by atoms with Gasteiger partial charge < -0.3 is 16.2 Å². The fraction of sp³-hybridized carbons (Fsp3) is 0.333. The van der Waals surface area contributed by atoms with Crippen LogP contribution in [0, 0.1) is 0 Å². The number of primary amides is 1. The molecule has 0 aromatic carbocycles. The van der Waals surface area contributed by atoms with Crippen molar-refractivity contribution in [3.05, 3.63) is 12.4 Å². The molecule has 0 aliphatic carbocycles. The Labute approximate surface area is 102 Å². The number of amides is 3. The highest BCUT2D eigenvalue weighted by molar-refractivity contribution is 5.96. The minimum absolute atomic E-state index is 0.189. The lowest BCUT2D eigenvalue weighted by atomic mass is 10.4. The number of nitrogen functional groups attached to an aromatic ring is 1. The van der Waals surface area contributed by atoms with Gasteiger partial charge in [-0.3, -0.25) is 19.6 Å². The lowest BCUT2D eigenvalue weighted by Crippen LogP contribution is -2.42. The number of imide groups is 1. The molecule has 9 heteroatoms. The number of nitrogens with zero attached hydrogens (tertiary/aromatic N) is 2. The van der Waals surface area contributed by atoms with E-state index >= 15 is 0 Å². The van der Waals surface area contributed by atoms with Gasteiger partial charge in [-0.15, -0.1) is 0 Å². The number of aromatic nitrogens is 2. The number of anilines is 1. The van der Waals surface area contributed by atoms with E-state index < -0.39 is 24.0 Å². The molecule has 1 atom stereocenters. The third-order valence-corrected chi connectivity index (χ3v) is 1.87. The van der Waals surface area contributed by atoms with E-state index in [0.717, 1.165) is 0 Å². The van der Waals surface area contributed by atoms with Crippen LogP contribution in [-0.4, -0.2) is 33.8 Å². The Balaban J connectivity index is 2.44. The number of carbonyl (C=O) groups is 3. The molecule has 0 aliphatic rings. The van der Waals surface area contributed by atoms with Crippen LogP contribution in [0.25, 0.3) is 0 Å². The third kappa shape index (κ3) is 4.12. The Morgan fingerprint density at radius 2 is 2.22 bits per heavy atom. The average molecular weight is 255 g/mol. The second-order valence-electron chi connectivity index (χ2n) is 3.46. The third-order valence-electron chi connectivity index (χ3n) is 1.87. The number of rotatable bonds is 4. The highest BCUT2D eigenvalue weighted by Crippen LogP contribution is 1.99. The zero-order valence-electron chi connectivity index (χ0n) is 9.62. The van der Waals surface area contributed by atoms with Crippen LogP contribution in [0.4, 0.5) is 10.5 Å². The SMILES string of the molecule is CC(OC(=O)Cn1cc(N)cn1)C(=O)NC(N)=O. The molecule has 0 saturated heterocycles. The lowest BCUT2D eigenvalue weighted by molar-refractivity contribution is -0.155. The van der Waals surface area contributed by atoms with Crippen molar-refractivity contribution in [1.29, 1.82) is 0 Å². The molecule has 1 unspecified atom stereocenters. The number of ether oxygens (including phenoxy) is 1. The van der Waals surface area contributed by atoms with E-state index in [9.17, 15) is 14.4 Å². The molecular formula is C9H13N5O4. The second-order valence-corrected chi connectivity index (χ2v) is 3.46. The zero-order chi connectivity index (χ0) is 13.7. The molecule has 1 aromatic heterocycles. The number of hydrogen-bond acceptors (Lipinski definition) is 6. The first-order valence-corrected chi connectivity index (χ1v) is 4.96. The number of urea groups is 1. The van der Waals surface area contributed by atoms with E-state index in [4.69, 9.17) is 16.2 Å². The molecule has 3 amide bonds. The van der Waals surface area contributed by atoms with E-state index in [1.807, 2.05) is 0 Å². The molecule has 1 rings (SSSR count). The number of nitrogens with two attached hydrogens (primary N) is 2. The van der Waals surface area contributed by atoms with E-state index in [0.29, 0.717) is 5.69 Å². The smallest absolute Gasteiger partial charge is 0.328 e. The van der Waals surface area contributed by atoms with Gasteiger partial charge in [-0.2, -0.15) is 5.10 Å². The van der Waals surface area contributed by atoms with Gasteiger partial charge in [-0.25, -0.2) is 4.79 Å². The standard InChI is InChI=1S/C9H13N5O4/c1-5(8(16)13-9(11)17)18-7(15)4-14-3-6(10)2-12-14/h2-3,5H,4,10H2,1H3,(H3,11,13,16,17). The number of hydrogen-bond donors (Lipinski definition) is 3. The van der Waals surface area contributed by atoms with Crippen molar-refractivity contribution in [2.75, 3.05) is 5.73 Å². The molecule has 9 nitrogen and oxygen atoms in total. The maximum atomic E-state index is 11.4. The summed E-state index contributed by atoms with van der Waals surface area (Å²) in [4.78, 5) is 33.0. The topological polar surface area (TPSA) is 142 Å². The summed E-state index contributed by atoms with van der Waals surface area (Å²) in [5, 5.41) is 5.57. The normalized spacial score (nSPS) is 11.6. The Morgan fingerprint density at radius 1 is 1.56 bits per heavy atom. The summed E-state index contributed by atoms with van der Waals surface area (Å²) in [5.41, 5.74) is 10.6.